The van der Waals surface area contributed by atoms with Gasteiger partial charge in [-0.1, -0.05) is 31.2 Å². The number of nitrogens with zero attached hydrogens (tertiary/aromatic N) is 1. The second-order valence-corrected chi connectivity index (χ2v) is 5.77. The van der Waals surface area contributed by atoms with E-state index in [1.54, 1.807) is 6.92 Å². The van der Waals surface area contributed by atoms with Gasteiger partial charge in [0.05, 0.1) is 6.04 Å². The molecular formula is C17H26ClN3O2. The molecule has 1 aromatic carbocycles. The van der Waals surface area contributed by atoms with Crippen LogP contribution in [0.15, 0.2) is 24.3 Å². The number of halogens is 1. The zero-order chi connectivity index (χ0) is 16.1. The Morgan fingerprint density at radius 3 is 2.57 bits per heavy atom. The summed E-state index contributed by atoms with van der Waals surface area (Å²) in [7, 11) is 0. The summed E-state index contributed by atoms with van der Waals surface area (Å²) in [6.07, 6.45) is 1.01. The number of benzene rings is 1. The Balaban J connectivity index is 0.00000264. The van der Waals surface area contributed by atoms with Crippen molar-refractivity contribution >= 4 is 24.2 Å². The highest BCUT2D eigenvalue weighted by Crippen LogP contribution is 2.23. The van der Waals surface area contributed by atoms with Crippen molar-refractivity contribution in [2.24, 2.45) is 0 Å². The van der Waals surface area contributed by atoms with Gasteiger partial charge in [-0.25, -0.2) is 0 Å². The lowest BCUT2D eigenvalue weighted by atomic mass is 10.00. The van der Waals surface area contributed by atoms with E-state index in [4.69, 9.17) is 0 Å². The van der Waals surface area contributed by atoms with E-state index >= 15 is 0 Å². The van der Waals surface area contributed by atoms with Crippen molar-refractivity contribution < 1.29 is 9.59 Å². The molecule has 1 heterocycles. The molecule has 1 aliphatic heterocycles. The molecule has 2 N–H and O–H groups in total. The fraction of sp³-hybridized carbons (Fsp3) is 0.529. The molecule has 6 heteroatoms. The fourth-order valence-electron chi connectivity index (χ4n) is 2.86. The Hall–Kier alpha value is -1.59. The largest absolute Gasteiger partial charge is 0.345 e. The molecule has 1 saturated heterocycles. The smallest absolute Gasteiger partial charge is 0.245 e. The number of nitrogens with one attached hydrogen (secondary N) is 2. The van der Waals surface area contributed by atoms with Crippen molar-refractivity contribution in [2.45, 2.75) is 39.3 Å². The third-order valence-electron chi connectivity index (χ3n) is 4.09. The number of hydrogen-bond donors (Lipinski definition) is 2. The standard InChI is InChI=1S/C17H25N3O2.ClH/c1-4-14-5-7-15(8-6-14)16-11-18-9-10-20(16)17(22)12(2)19-13(3)21;/h5-8,12,16,18H,4,9-11H2,1-3H3,(H,19,21);1H. The highest BCUT2D eigenvalue weighted by atomic mass is 35.5. The number of rotatable bonds is 4. The number of carbonyl (C=O) groups excluding carboxylic acids is 2. The summed E-state index contributed by atoms with van der Waals surface area (Å²) in [5.74, 6) is -0.207. The summed E-state index contributed by atoms with van der Waals surface area (Å²) in [5, 5.41) is 6.02. The Morgan fingerprint density at radius 1 is 1.35 bits per heavy atom. The molecular weight excluding hydrogens is 314 g/mol. The Bertz CT molecular complexity index is 533. The van der Waals surface area contributed by atoms with Crippen LogP contribution in [0.2, 0.25) is 0 Å². The summed E-state index contributed by atoms with van der Waals surface area (Å²) in [6, 6.07) is 7.95. The third-order valence-corrected chi connectivity index (χ3v) is 4.09. The molecule has 1 fully saturated rings. The van der Waals surface area contributed by atoms with Crippen molar-refractivity contribution in [1.82, 2.24) is 15.5 Å². The normalized spacial score (nSPS) is 18.7. The summed E-state index contributed by atoms with van der Waals surface area (Å²) in [6.45, 7) is 7.47. The minimum atomic E-state index is -0.493. The van der Waals surface area contributed by atoms with Crippen LogP contribution in [0, 0.1) is 0 Å². The first-order valence-corrected chi connectivity index (χ1v) is 7.90. The summed E-state index contributed by atoms with van der Waals surface area (Å²) < 4.78 is 0. The molecule has 2 rings (SSSR count). The molecule has 0 spiro atoms. The van der Waals surface area contributed by atoms with Crippen LogP contribution in [0.1, 0.15) is 37.9 Å². The van der Waals surface area contributed by atoms with Crippen LogP contribution in [0.25, 0.3) is 0 Å². The maximum absolute atomic E-state index is 12.6. The minimum Gasteiger partial charge on any atom is -0.345 e. The number of carbonyl (C=O) groups is 2. The monoisotopic (exact) mass is 339 g/mol. The molecule has 0 bridgehead atoms. The molecule has 23 heavy (non-hydrogen) atoms. The van der Waals surface area contributed by atoms with Gasteiger partial charge in [-0.15, -0.1) is 12.4 Å². The predicted octanol–water partition coefficient (Wildman–Crippen LogP) is 1.67. The lowest BCUT2D eigenvalue weighted by Gasteiger charge is -2.38. The molecule has 0 radical (unpaired) electrons. The van der Waals surface area contributed by atoms with Crippen LogP contribution in [0.3, 0.4) is 0 Å². The van der Waals surface area contributed by atoms with E-state index in [2.05, 4.69) is 41.8 Å². The van der Waals surface area contributed by atoms with Gasteiger partial charge in [-0.05, 0) is 24.5 Å². The van der Waals surface area contributed by atoms with Crippen LogP contribution in [0.5, 0.6) is 0 Å². The van der Waals surface area contributed by atoms with Gasteiger partial charge < -0.3 is 15.5 Å². The molecule has 128 valence electrons. The number of amides is 2. The lowest BCUT2D eigenvalue weighted by molar-refractivity contribution is -0.138. The molecule has 0 aliphatic carbocycles. The first kappa shape index (κ1) is 19.5. The van der Waals surface area contributed by atoms with Crippen molar-refractivity contribution in [1.29, 1.82) is 0 Å². The molecule has 2 unspecified atom stereocenters. The molecule has 5 nitrogen and oxygen atoms in total. The first-order chi connectivity index (χ1) is 10.5. The van der Waals surface area contributed by atoms with E-state index in [0.717, 1.165) is 25.1 Å². The van der Waals surface area contributed by atoms with Gasteiger partial charge in [0, 0.05) is 26.6 Å². The minimum absolute atomic E-state index is 0. The van der Waals surface area contributed by atoms with Crippen LogP contribution in [-0.2, 0) is 16.0 Å². The van der Waals surface area contributed by atoms with Crippen LogP contribution < -0.4 is 10.6 Å². The molecule has 2 atom stereocenters. The molecule has 1 aliphatic rings. The molecule has 2 amide bonds. The number of hydrogen-bond acceptors (Lipinski definition) is 3. The SMILES string of the molecule is CCc1ccc(C2CNCCN2C(=O)C(C)NC(C)=O)cc1.Cl. The van der Waals surface area contributed by atoms with Crippen LogP contribution in [0.4, 0.5) is 0 Å². The first-order valence-electron chi connectivity index (χ1n) is 7.90. The second kappa shape index (κ2) is 8.89. The van der Waals surface area contributed by atoms with E-state index in [9.17, 15) is 9.59 Å². The quantitative estimate of drug-likeness (QED) is 0.877. The van der Waals surface area contributed by atoms with Gasteiger partial charge in [0.1, 0.15) is 6.04 Å². The highest BCUT2D eigenvalue weighted by molar-refractivity contribution is 5.87. The van der Waals surface area contributed by atoms with Gasteiger partial charge >= 0.3 is 0 Å². The van der Waals surface area contributed by atoms with E-state index < -0.39 is 6.04 Å². The Labute approximate surface area is 144 Å². The Morgan fingerprint density at radius 2 is 2.00 bits per heavy atom. The molecule has 1 aromatic rings. The molecule has 0 saturated carbocycles. The maximum Gasteiger partial charge on any atom is 0.245 e. The van der Waals surface area contributed by atoms with Crippen molar-refractivity contribution in [2.75, 3.05) is 19.6 Å². The zero-order valence-electron chi connectivity index (χ0n) is 14.0. The van der Waals surface area contributed by atoms with Crippen molar-refractivity contribution in [3.05, 3.63) is 35.4 Å². The van der Waals surface area contributed by atoms with Gasteiger partial charge in [-0.3, -0.25) is 9.59 Å². The fourth-order valence-corrected chi connectivity index (χ4v) is 2.86. The highest BCUT2D eigenvalue weighted by Gasteiger charge is 2.30. The molecule has 0 aromatic heterocycles. The van der Waals surface area contributed by atoms with Crippen molar-refractivity contribution in [3.8, 4) is 0 Å². The van der Waals surface area contributed by atoms with Crippen LogP contribution >= 0.6 is 12.4 Å². The topological polar surface area (TPSA) is 61.4 Å². The maximum atomic E-state index is 12.6. The summed E-state index contributed by atoms with van der Waals surface area (Å²) >= 11 is 0. The Kier molecular flexibility index (Phi) is 7.52. The van der Waals surface area contributed by atoms with E-state index in [1.807, 2.05) is 4.90 Å². The van der Waals surface area contributed by atoms with E-state index in [-0.39, 0.29) is 30.3 Å². The van der Waals surface area contributed by atoms with Crippen LogP contribution in [-0.4, -0.2) is 42.4 Å². The average molecular weight is 340 g/mol. The average Bonchev–Trinajstić information content (AvgIpc) is 2.53. The number of piperazine rings is 1. The van der Waals surface area contributed by atoms with E-state index in [1.165, 1.54) is 12.5 Å². The second-order valence-electron chi connectivity index (χ2n) is 5.77. The zero-order valence-corrected chi connectivity index (χ0v) is 14.8. The van der Waals surface area contributed by atoms with Crippen molar-refractivity contribution in [3.63, 3.8) is 0 Å². The van der Waals surface area contributed by atoms with E-state index in [0.29, 0.717) is 6.54 Å². The number of aryl methyl sites for hydroxylation is 1. The summed E-state index contributed by atoms with van der Waals surface area (Å²) in [4.78, 5) is 25.7. The van der Waals surface area contributed by atoms with Gasteiger partial charge in [0.15, 0.2) is 0 Å². The third kappa shape index (κ3) is 4.94. The van der Waals surface area contributed by atoms with Gasteiger partial charge in [-0.2, -0.15) is 0 Å². The van der Waals surface area contributed by atoms with Gasteiger partial charge in [0.2, 0.25) is 11.8 Å². The predicted molar refractivity (Wildman–Crippen MR) is 93.7 cm³/mol. The lowest BCUT2D eigenvalue weighted by Crippen LogP contribution is -2.54. The van der Waals surface area contributed by atoms with Gasteiger partial charge in [0.25, 0.3) is 0 Å². The summed E-state index contributed by atoms with van der Waals surface area (Å²) in [5.41, 5.74) is 2.42.